The highest BCUT2D eigenvalue weighted by atomic mass is 16.4. The summed E-state index contributed by atoms with van der Waals surface area (Å²) >= 11 is 0. The summed E-state index contributed by atoms with van der Waals surface area (Å²) in [6.07, 6.45) is 3.20. The van der Waals surface area contributed by atoms with E-state index in [1.807, 2.05) is 34.6 Å². The van der Waals surface area contributed by atoms with Crippen LogP contribution in [0.25, 0.3) is 0 Å². The molecule has 1 heterocycles. The zero-order chi connectivity index (χ0) is 22.9. The number of hydrogen-bond acceptors (Lipinski definition) is 5. The van der Waals surface area contributed by atoms with E-state index >= 15 is 0 Å². The molecule has 0 aromatic heterocycles. The van der Waals surface area contributed by atoms with Crippen molar-refractivity contribution in [2.75, 3.05) is 13.1 Å². The molecule has 0 aliphatic carbocycles. The summed E-state index contributed by atoms with van der Waals surface area (Å²) in [7, 11) is 0. The Kier molecular flexibility index (Phi) is 10.2. The molecule has 1 saturated heterocycles. The van der Waals surface area contributed by atoms with Crippen LogP contribution in [-0.2, 0) is 19.2 Å². The Labute approximate surface area is 179 Å². The summed E-state index contributed by atoms with van der Waals surface area (Å²) in [5.41, 5.74) is -0.0604. The second-order valence-corrected chi connectivity index (χ2v) is 9.30. The van der Waals surface area contributed by atoms with Gasteiger partial charge in [0.15, 0.2) is 0 Å². The van der Waals surface area contributed by atoms with Gasteiger partial charge in [-0.15, -0.1) is 0 Å². The first-order valence-corrected chi connectivity index (χ1v) is 10.8. The Morgan fingerprint density at radius 2 is 1.83 bits per heavy atom. The molecule has 0 saturated carbocycles. The molecule has 4 atom stereocenters. The monoisotopic (exact) mass is 426 g/mol. The minimum Gasteiger partial charge on any atom is -0.480 e. The van der Waals surface area contributed by atoms with Crippen molar-refractivity contribution in [1.29, 1.82) is 0 Å². The van der Waals surface area contributed by atoms with E-state index in [9.17, 15) is 24.3 Å². The maximum atomic E-state index is 12.8. The molecule has 0 aromatic rings. The lowest BCUT2D eigenvalue weighted by atomic mass is 9.88. The van der Waals surface area contributed by atoms with Gasteiger partial charge in [0.1, 0.15) is 12.1 Å². The van der Waals surface area contributed by atoms with Crippen molar-refractivity contribution in [1.82, 2.24) is 21.3 Å². The van der Waals surface area contributed by atoms with Crippen LogP contribution in [-0.4, -0.2) is 60.0 Å². The van der Waals surface area contributed by atoms with Gasteiger partial charge in [-0.25, -0.2) is 4.79 Å². The summed E-state index contributed by atoms with van der Waals surface area (Å²) in [6, 6.07) is -2.18. The number of rotatable bonds is 11. The van der Waals surface area contributed by atoms with Gasteiger partial charge in [-0.3, -0.25) is 14.4 Å². The summed E-state index contributed by atoms with van der Waals surface area (Å²) < 4.78 is 0. The van der Waals surface area contributed by atoms with E-state index in [1.54, 1.807) is 0 Å². The van der Waals surface area contributed by atoms with Gasteiger partial charge >= 0.3 is 5.97 Å². The van der Waals surface area contributed by atoms with Crippen LogP contribution in [0.5, 0.6) is 0 Å². The Hall–Kier alpha value is -2.16. The minimum atomic E-state index is -1.10. The molecule has 0 bridgehead atoms. The number of aliphatic carboxylic acids is 1. The van der Waals surface area contributed by atoms with E-state index in [0.29, 0.717) is 19.3 Å². The second-order valence-electron chi connectivity index (χ2n) is 9.30. The number of carboxylic acid groups (broad SMARTS) is 1. The molecule has 30 heavy (non-hydrogen) atoms. The SMILES string of the molecule is CC[C@H](C)C(NC(=O)CNC(=O)[C@@H]1CCCN1)C(=O)N[C@@H](CCC(C)(C)C)C(=O)O. The smallest absolute Gasteiger partial charge is 0.326 e. The lowest BCUT2D eigenvalue weighted by Crippen LogP contribution is -2.55. The van der Waals surface area contributed by atoms with E-state index in [-0.39, 0.29) is 29.8 Å². The van der Waals surface area contributed by atoms with Gasteiger partial charge in [-0.2, -0.15) is 0 Å². The number of hydrogen-bond donors (Lipinski definition) is 5. The molecule has 0 radical (unpaired) electrons. The molecule has 1 aliphatic heterocycles. The van der Waals surface area contributed by atoms with Gasteiger partial charge in [0.2, 0.25) is 17.7 Å². The van der Waals surface area contributed by atoms with Crippen LogP contribution in [0.4, 0.5) is 0 Å². The number of nitrogens with one attached hydrogen (secondary N) is 4. The Balaban J connectivity index is 2.67. The Morgan fingerprint density at radius 1 is 1.17 bits per heavy atom. The molecule has 1 unspecified atom stereocenters. The lowest BCUT2D eigenvalue weighted by Gasteiger charge is -2.27. The number of carboxylic acids is 1. The van der Waals surface area contributed by atoms with Crippen molar-refractivity contribution in [3.63, 3.8) is 0 Å². The molecule has 3 amide bonds. The Bertz CT molecular complexity index is 611. The van der Waals surface area contributed by atoms with Gasteiger partial charge in [0.25, 0.3) is 0 Å². The van der Waals surface area contributed by atoms with E-state index < -0.39 is 29.9 Å². The molecular weight excluding hydrogens is 388 g/mol. The van der Waals surface area contributed by atoms with Gasteiger partial charge in [0.05, 0.1) is 12.6 Å². The quantitative estimate of drug-likeness (QED) is 0.331. The van der Waals surface area contributed by atoms with Crippen molar-refractivity contribution in [3.8, 4) is 0 Å². The molecule has 1 rings (SSSR count). The van der Waals surface area contributed by atoms with Gasteiger partial charge in [0, 0.05) is 0 Å². The van der Waals surface area contributed by atoms with Crippen LogP contribution in [0.15, 0.2) is 0 Å². The van der Waals surface area contributed by atoms with E-state index in [2.05, 4.69) is 21.3 Å². The van der Waals surface area contributed by atoms with Crippen molar-refractivity contribution in [2.24, 2.45) is 11.3 Å². The van der Waals surface area contributed by atoms with Crippen LogP contribution < -0.4 is 21.3 Å². The van der Waals surface area contributed by atoms with Crippen molar-refractivity contribution >= 4 is 23.7 Å². The normalized spacial score (nSPS) is 19.4. The van der Waals surface area contributed by atoms with Crippen LogP contribution in [0.3, 0.4) is 0 Å². The average molecular weight is 427 g/mol. The average Bonchev–Trinajstić information content (AvgIpc) is 3.20. The number of amides is 3. The molecule has 0 aromatic carbocycles. The van der Waals surface area contributed by atoms with Crippen LogP contribution >= 0.6 is 0 Å². The third-order valence-corrected chi connectivity index (χ3v) is 5.41. The fourth-order valence-corrected chi connectivity index (χ4v) is 3.22. The van der Waals surface area contributed by atoms with Crippen LogP contribution in [0.2, 0.25) is 0 Å². The predicted octanol–water partition coefficient (Wildman–Crippen LogP) is 0.781. The fourth-order valence-electron chi connectivity index (χ4n) is 3.22. The molecule has 1 fully saturated rings. The first-order chi connectivity index (χ1) is 13.9. The summed E-state index contributed by atoms with van der Waals surface area (Å²) in [4.78, 5) is 48.7. The van der Waals surface area contributed by atoms with Gasteiger partial charge < -0.3 is 26.4 Å². The number of carbonyl (C=O) groups excluding carboxylic acids is 3. The molecule has 0 spiro atoms. The topological polar surface area (TPSA) is 137 Å². The third-order valence-electron chi connectivity index (χ3n) is 5.41. The highest BCUT2D eigenvalue weighted by molar-refractivity contribution is 5.92. The lowest BCUT2D eigenvalue weighted by molar-refractivity contribution is -0.143. The molecule has 5 N–H and O–H groups in total. The third kappa shape index (κ3) is 9.11. The highest BCUT2D eigenvalue weighted by Gasteiger charge is 2.30. The minimum absolute atomic E-state index is 0.0604. The maximum absolute atomic E-state index is 12.8. The van der Waals surface area contributed by atoms with E-state index in [4.69, 9.17) is 0 Å². The fraction of sp³-hybridized carbons (Fsp3) is 0.810. The summed E-state index contributed by atoms with van der Waals surface area (Å²) in [5.74, 6) is -2.54. The zero-order valence-electron chi connectivity index (χ0n) is 18.8. The molecule has 9 nitrogen and oxygen atoms in total. The summed E-state index contributed by atoms with van der Waals surface area (Å²) in [6.45, 7) is 10.3. The highest BCUT2D eigenvalue weighted by Crippen LogP contribution is 2.22. The largest absolute Gasteiger partial charge is 0.480 e. The predicted molar refractivity (Wildman–Crippen MR) is 114 cm³/mol. The molecule has 1 aliphatic rings. The standard InChI is InChI=1S/C21H38N4O5/c1-6-13(2)17(19(28)24-15(20(29)30)9-10-21(3,4)5)25-16(26)12-23-18(27)14-8-7-11-22-14/h13-15,17,22H,6-12H2,1-5H3,(H,23,27)(H,24,28)(H,25,26)(H,29,30)/t13-,14-,15-,17?/m0/s1. The molecule has 172 valence electrons. The molecular formula is C21H38N4O5. The first-order valence-electron chi connectivity index (χ1n) is 10.8. The Morgan fingerprint density at radius 3 is 2.33 bits per heavy atom. The summed E-state index contributed by atoms with van der Waals surface area (Å²) in [5, 5.41) is 20.3. The first kappa shape index (κ1) is 25.9. The van der Waals surface area contributed by atoms with Crippen LogP contribution in [0.1, 0.15) is 66.7 Å². The molecule has 9 heteroatoms. The van der Waals surface area contributed by atoms with Crippen LogP contribution in [0, 0.1) is 11.3 Å². The van der Waals surface area contributed by atoms with Crippen molar-refractivity contribution < 1.29 is 24.3 Å². The van der Waals surface area contributed by atoms with E-state index in [1.165, 1.54) is 0 Å². The van der Waals surface area contributed by atoms with Crippen molar-refractivity contribution in [3.05, 3.63) is 0 Å². The zero-order valence-corrected chi connectivity index (χ0v) is 18.8. The van der Waals surface area contributed by atoms with Gasteiger partial charge in [-0.1, -0.05) is 41.0 Å². The van der Waals surface area contributed by atoms with Gasteiger partial charge in [-0.05, 0) is 43.6 Å². The second kappa shape index (κ2) is 11.9. The maximum Gasteiger partial charge on any atom is 0.326 e. The number of carbonyl (C=O) groups is 4. The van der Waals surface area contributed by atoms with E-state index in [0.717, 1.165) is 19.4 Å². The van der Waals surface area contributed by atoms with Crippen molar-refractivity contribution in [2.45, 2.75) is 84.8 Å².